The Balaban J connectivity index is 1.51. The lowest BCUT2D eigenvalue weighted by atomic mass is 10.2. The van der Waals surface area contributed by atoms with Crippen LogP contribution in [0, 0.1) is 0 Å². The summed E-state index contributed by atoms with van der Waals surface area (Å²) in [4.78, 5) is 15.3. The van der Waals surface area contributed by atoms with Crippen LogP contribution in [0.5, 0.6) is 5.75 Å². The number of nitrogens with one attached hydrogen (secondary N) is 1. The van der Waals surface area contributed by atoms with Crippen LogP contribution < -0.4 is 15.0 Å². The first-order valence-electron chi connectivity index (χ1n) is 11.3. The summed E-state index contributed by atoms with van der Waals surface area (Å²) in [6, 6.07) is 12.4. The molecule has 1 N–H and O–H groups in total. The minimum atomic E-state index is -3.71. The molecule has 0 unspecified atom stereocenters. The Morgan fingerprint density at radius 3 is 2.12 bits per heavy atom. The highest BCUT2D eigenvalue weighted by molar-refractivity contribution is 7.89. The molecule has 0 radical (unpaired) electrons. The van der Waals surface area contributed by atoms with E-state index < -0.39 is 10.0 Å². The van der Waals surface area contributed by atoms with E-state index in [-0.39, 0.29) is 22.1 Å². The maximum Gasteiger partial charge on any atom is 0.255 e. The minimum absolute atomic E-state index is 0.0334. The molecule has 7 nitrogen and oxygen atoms in total. The van der Waals surface area contributed by atoms with Crippen molar-refractivity contribution < 1.29 is 17.9 Å². The second-order valence-corrected chi connectivity index (χ2v) is 10.3. The zero-order valence-electron chi connectivity index (χ0n) is 18.5. The Morgan fingerprint density at radius 1 is 0.875 bits per heavy atom. The van der Waals surface area contributed by atoms with Crippen LogP contribution in [0.25, 0.3) is 0 Å². The largest absolute Gasteiger partial charge is 0.495 e. The molecular weight excluding hydrogens is 426 g/mol. The molecule has 0 spiro atoms. The quantitative estimate of drug-likeness (QED) is 0.706. The number of rotatable bonds is 6. The molecule has 0 atom stereocenters. The van der Waals surface area contributed by atoms with Gasteiger partial charge in [0.15, 0.2) is 0 Å². The molecule has 1 amide bonds. The average Bonchev–Trinajstić information content (AvgIpc) is 3.23. The third-order valence-electron chi connectivity index (χ3n) is 6.21. The van der Waals surface area contributed by atoms with Gasteiger partial charge in [-0.1, -0.05) is 12.8 Å². The molecule has 2 aliphatic rings. The van der Waals surface area contributed by atoms with Crippen molar-refractivity contribution in [3.63, 3.8) is 0 Å². The van der Waals surface area contributed by atoms with Crippen molar-refractivity contribution in [2.45, 2.75) is 43.4 Å². The smallest absolute Gasteiger partial charge is 0.255 e. The van der Waals surface area contributed by atoms with Gasteiger partial charge in [-0.05, 0) is 68.1 Å². The number of carbonyl (C=O) groups is 1. The molecule has 4 rings (SSSR count). The van der Waals surface area contributed by atoms with Crippen molar-refractivity contribution in [2.75, 3.05) is 43.5 Å². The first-order chi connectivity index (χ1) is 15.5. The fraction of sp³-hybridized carbons (Fsp3) is 0.458. The lowest BCUT2D eigenvalue weighted by Gasteiger charge is -2.22. The molecule has 0 aliphatic carbocycles. The number of hydrogen-bond donors (Lipinski definition) is 1. The molecule has 0 aromatic heterocycles. The van der Waals surface area contributed by atoms with E-state index in [0.717, 1.165) is 31.6 Å². The van der Waals surface area contributed by atoms with E-state index in [2.05, 4.69) is 10.2 Å². The molecule has 2 saturated heterocycles. The number of ether oxygens (including phenoxy) is 1. The number of nitrogens with zero attached hydrogens (tertiary/aromatic N) is 2. The van der Waals surface area contributed by atoms with Crippen LogP contribution in [0.1, 0.15) is 48.9 Å². The molecule has 2 fully saturated rings. The van der Waals surface area contributed by atoms with Gasteiger partial charge in [-0.3, -0.25) is 4.79 Å². The Morgan fingerprint density at radius 2 is 1.50 bits per heavy atom. The molecule has 8 heteroatoms. The number of amides is 1. The van der Waals surface area contributed by atoms with Gasteiger partial charge in [0.1, 0.15) is 10.6 Å². The maximum atomic E-state index is 13.1. The SMILES string of the molecule is COc1ccc(C(=O)Nc2ccc(N3CCCCCC3)cc2)cc1S(=O)(=O)N1CCCC1. The van der Waals surface area contributed by atoms with Crippen LogP contribution in [-0.2, 0) is 10.0 Å². The topological polar surface area (TPSA) is 79.0 Å². The van der Waals surface area contributed by atoms with Crippen molar-refractivity contribution >= 4 is 27.3 Å². The van der Waals surface area contributed by atoms with Gasteiger partial charge in [0.05, 0.1) is 7.11 Å². The van der Waals surface area contributed by atoms with E-state index >= 15 is 0 Å². The predicted octanol–water partition coefficient (Wildman–Crippen LogP) is 4.11. The number of hydrogen-bond acceptors (Lipinski definition) is 5. The van der Waals surface area contributed by atoms with Gasteiger partial charge in [0.25, 0.3) is 5.91 Å². The maximum absolute atomic E-state index is 13.1. The summed E-state index contributed by atoms with van der Waals surface area (Å²) < 4.78 is 32.9. The van der Waals surface area contributed by atoms with Crippen LogP contribution in [0.3, 0.4) is 0 Å². The van der Waals surface area contributed by atoms with Crippen molar-refractivity contribution in [1.82, 2.24) is 4.31 Å². The van der Waals surface area contributed by atoms with Gasteiger partial charge in [0.2, 0.25) is 10.0 Å². The Bertz CT molecular complexity index is 1040. The third-order valence-corrected chi connectivity index (χ3v) is 8.12. The van der Waals surface area contributed by atoms with Gasteiger partial charge < -0.3 is 15.0 Å². The van der Waals surface area contributed by atoms with Crippen LogP contribution in [0.2, 0.25) is 0 Å². The normalized spacial score (nSPS) is 17.7. The van der Waals surface area contributed by atoms with Gasteiger partial charge >= 0.3 is 0 Å². The summed E-state index contributed by atoms with van der Waals surface area (Å²) in [5, 5.41) is 2.88. The minimum Gasteiger partial charge on any atom is -0.495 e. The zero-order valence-corrected chi connectivity index (χ0v) is 19.4. The zero-order chi connectivity index (χ0) is 22.6. The van der Waals surface area contributed by atoms with Crippen LogP contribution >= 0.6 is 0 Å². The second-order valence-electron chi connectivity index (χ2n) is 8.38. The predicted molar refractivity (Wildman–Crippen MR) is 126 cm³/mol. The molecule has 2 aromatic rings. The number of benzene rings is 2. The van der Waals surface area contributed by atoms with E-state index in [9.17, 15) is 13.2 Å². The monoisotopic (exact) mass is 457 g/mol. The highest BCUT2D eigenvalue weighted by atomic mass is 32.2. The molecule has 0 saturated carbocycles. The van der Waals surface area contributed by atoms with Crippen molar-refractivity contribution in [3.8, 4) is 5.75 Å². The molecular formula is C24H31N3O4S. The lowest BCUT2D eigenvalue weighted by molar-refractivity contribution is 0.102. The van der Waals surface area contributed by atoms with E-state index in [4.69, 9.17) is 4.74 Å². The number of methoxy groups -OCH3 is 1. The summed E-state index contributed by atoms with van der Waals surface area (Å²) in [5.74, 6) is -0.108. The molecule has 32 heavy (non-hydrogen) atoms. The van der Waals surface area contributed by atoms with Gasteiger partial charge in [-0.2, -0.15) is 4.31 Å². The fourth-order valence-corrected chi connectivity index (χ4v) is 6.07. The number of carbonyl (C=O) groups excluding carboxylic acids is 1. The third kappa shape index (κ3) is 4.91. The fourth-order valence-electron chi connectivity index (χ4n) is 4.37. The van der Waals surface area contributed by atoms with Crippen molar-refractivity contribution in [2.24, 2.45) is 0 Å². The van der Waals surface area contributed by atoms with Gasteiger partial charge in [-0.15, -0.1) is 0 Å². The average molecular weight is 458 g/mol. The summed E-state index contributed by atoms with van der Waals surface area (Å²) >= 11 is 0. The molecule has 2 aliphatic heterocycles. The van der Waals surface area contributed by atoms with E-state index in [0.29, 0.717) is 18.8 Å². The van der Waals surface area contributed by atoms with Crippen LogP contribution in [-0.4, -0.2) is 51.9 Å². The van der Waals surface area contributed by atoms with E-state index in [1.165, 1.54) is 43.2 Å². The molecule has 0 bridgehead atoms. The second kappa shape index (κ2) is 9.92. The van der Waals surface area contributed by atoms with Crippen molar-refractivity contribution in [3.05, 3.63) is 48.0 Å². The van der Waals surface area contributed by atoms with Crippen LogP contribution in [0.15, 0.2) is 47.4 Å². The Labute approximate surface area is 190 Å². The standard InChI is InChI=1S/C24H31N3O4S/c1-31-22-13-8-19(18-23(22)32(29,30)27-16-6-7-17-27)24(28)25-20-9-11-21(12-10-20)26-14-4-2-3-5-15-26/h8-13,18H,2-7,14-17H2,1H3,(H,25,28). The number of anilines is 2. The highest BCUT2D eigenvalue weighted by Crippen LogP contribution is 2.30. The highest BCUT2D eigenvalue weighted by Gasteiger charge is 2.30. The van der Waals surface area contributed by atoms with E-state index in [1.807, 2.05) is 24.3 Å². The molecule has 172 valence electrons. The molecule has 2 heterocycles. The van der Waals surface area contributed by atoms with Gasteiger partial charge in [0, 0.05) is 43.1 Å². The molecule has 2 aromatic carbocycles. The Kier molecular flexibility index (Phi) is 7.01. The summed E-state index contributed by atoms with van der Waals surface area (Å²) in [6.45, 7) is 3.11. The first-order valence-corrected chi connectivity index (χ1v) is 12.8. The summed E-state index contributed by atoms with van der Waals surface area (Å²) in [5.41, 5.74) is 2.11. The lowest BCUT2D eigenvalue weighted by Crippen LogP contribution is -2.28. The van der Waals surface area contributed by atoms with Crippen molar-refractivity contribution in [1.29, 1.82) is 0 Å². The first kappa shape index (κ1) is 22.6. The Hall–Kier alpha value is -2.58. The van der Waals surface area contributed by atoms with E-state index in [1.54, 1.807) is 12.1 Å². The summed E-state index contributed by atoms with van der Waals surface area (Å²) in [6.07, 6.45) is 6.66. The number of sulfonamides is 1. The van der Waals surface area contributed by atoms with Gasteiger partial charge in [-0.25, -0.2) is 8.42 Å². The van der Waals surface area contributed by atoms with Crippen LogP contribution in [0.4, 0.5) is 11.4 Å². The summed E-state index contributed by atoms with van der Waals surface area (Å²) in [7, 11) is -2.27.